The van der Waals surface area contributed by atoms with Crippen LogP contribution in [0.3, 0.4) is 0 Å². The lowest BCUT2D eigenvalue weighted by molar-refractivity contribution is -0.144. The van der Waals surface area contributed by atoms with Crippen LogP contribution in [0.15, 0.2) is 64.2 Å². The average Bonchev–Trinajstić information content (AvgIpc) is 2.65. The van der Waals surface area contributed by atoms with E-state index in [2.05, 4.69) is 0 Å². The van der Waals surface area contributed by atoms with E-state index in [0.29, 0.717) is 20.8 Å². The molecule has 144 valence electrons. The summed E-state index contributed by atoms with van der Waals surface area (Å²) in [4.78, 5) is 37.3. The van der Waals surface area contributed by atoms with Crippen LogP contribution in [-0.2, 0) is 13.2 Å². The minimum atomic E-state index is -4.86. The third kappa shape index (κ3) is 3.50. The van der Waals surface area contributed by atoms with Crippen LogP contribution in [0.2, 0.25) is 5.02 Å². The summed E-state index contributed by atoms with van der Waals surface area (Å²) in [5, 5.41) is 0.0781. The van der Waals surface area contributed by atoms with E-state index in [-0.39, 0.29) is 16.3 Å². The minimum absolute atomic E-state index is 0.0132. The zero-order valence-corrected chi connectivity index (χ0v) is 15.1. The van der Waals surface area contributed by atoms with Crippen molar-refractivity contribution in [1.29, 1.82) is 0 Å². The van der Waals surface area contributed by atoms with E-state index in [1.165, 1.54) is 18.2 Å². The van der Waals surface area contributed by atoms with Crippen LogP contribution in [0.25, 0.3) is 5.69 Å². The minimum Gasteiger partial charge on any atom is -0.292 e. The number of halogens is 4. The van der Waals surface area contributed by atoms with Gasteiger partial charge in [-0.25, -0.2) is 9.36 Å². The second-order valence-electron chi connectivity index (χ2n) is 5.90. The van der Waals surface area contributed by atoms with Gasteiger partial charge in [-0.05, 0) is 18.2 Å². The lowest BCUT2D eigenvalue weighted by atomic mass is 10.0. The monoisotopic (exact) mass is 408 g/mol. The predicted octanol–water partition coefficient (Wildman–Crippen LogP) is 3.44. The summed E-state index contributed by atoms with van der Waals surface area (Å²) in [6.07, 6.45) is -4.86. The third-order valence-corrected chi connectivity index (χ3v) is 4.43. The van der Waals surface area contributed by atoms with Crippen LogP contribution in [-0.4, -0.2) is 14.9 Å². The van der Waals surface area contributed by atoms with Gasteiger partial charge in [0.25, 0.3) is 5.56 Å². The first kappa shape index (κ1) is 19.6. The molecule has 9 heteroatoms. The number of hydrogen-bond donors (Lipinski definition) is 0. The van der Waals surface area contributed by atoms with Gasteiger partial charge in [-0.3, -0.25) is 14.2 Å². The summed E-state index contributed by atoms with van der Waals surface area (Å²) in [5.41, 5.74) is -3.46. The topological polar surface area (TPSA) is 61.1 Å². The highest BCUT2D eigenvalue weighted by atomic mass is 35.5. The first-order chi connectivity index (χ1) is 13.1. The number of alkyl halides is 3. The van der Waals surface area contributed by atoms with Crippen molar-refractivity contribution in [3.05, 3.63) is 97.3 Å². The molecule has 0 atom stereocenters. The number of ketones is 1. The van der Waals surface area contributed by atoms with Crippen molar-refractivity contribution < 1.29 is 18.0 Å². The molecule has 0 unspecified atom stereocenters. The van der Waals surface area contributed by atoms with Gasteiger partial charge in [0.05, 0.1) is 10.7 Å². The average molecular weight is 409 g/mol. The molecule has 28 heavy (non-hydrogen) atoms. The summed E-state index contributed by atoms with van der Waals surface area (Å²) in [6.45, 7) is 0. The van der Waals surface area contributed by atoms with Gasteiger partial charge < -0.3 is 0 Å². The fourth-order valence-electron chi connectivity index (χ4n) is 2.71. The van der Waals surface area contributed by atoms with Gasteiger partial charge >= 0.3 is 11.9 Å². The van der Waals surface area contributed by atoms with Crippen LogP contribution in [0, 0.1) is 0 Å². The Kier molecular flexibility index (Phi) is 4.99. The Labute approximate surface area is 161 Å². The van der Waals surface area contributed by atoms with Gasteiger partial charge in [-0.2, -0.15) is 13.2 Å². The fraction of sp³-hybridized carbons (Fsp3) is 0.105. The van der Waals surface area contributed by atoms with Crippen molar-refractivity contribution in [1.82, 2.24) is 9.13 Å². The van der Waals surface area contributed by atoms with Crippen LogP contribution >= 0.6 is 11.6 Å². The normalized spacial score (nSPS) is 11.5. The molecule has 0 aliphatic heterocycles. The number of rotatable bonds is 3. The summed E-state index contributed by atoms with van der Waals surface area (Å²) in [6, 6.07) is 12.3. The number of benzene rings is 2. The molecule has 0 aliphatic rings. The van der Waals surface area contributed by atoms with Crippen molar-refractivity contribution in [3.8, 4) is 5.69 Å². The van der Waals surface area contributed by atoms with Crippen molar-refractivity contribution in [2.24, 2.45) is 7.05 Å². The SMILES string of the molecule is Cn1c(C(F)(F)F)cc(=O)n(-c2ccc(Cl)c(C(=O)c3ccccc3)c2)c1=O. The number of hydrogen-bond acceptors (Lipinski definition) is 3. The molecule has 0 N–H and O–H groups in total. The highest BCUT2D eigenvalue weighted by molar-refractivity contribution is 6.35. The summed E-state index contributed by atoms with van der Waals surface area (Å²) >= 11 is 6.08. The molecular formula is C19H12ClF3N2O3. The van der Waals surface area contributed by atoms with Crippen molar-refractivity contribution in [3.63, 3.8) is 0 Å². The standard InChI is InChI=1S/C19H12ClF3N2O3/c1-24-15(19(21,22)23)10-16(26)25(18(24)28)12-7-8-14(20)13(9-12)17(27)11-5-3-2-4-6-11/h2-10H,1H3. The number of carbonyl (C=O) groups excluding carboxylic acids is 1. The first-order valence-corrected chi connectivity index (χ1v) is 8.29. The molecule has 3 rings (SSSR count). The molecule has 2 aromatic carbocycles. The molecule has 5 nitrogen and oxygen atoms in total. The van der Waals surface area contributed by atoms with Crippen molar-refractivity contribution >= 4 is 17.4 Å². The molecule has 0 fully saturated rings. The van der Waals surface area contributed by atoms with E-state index in [4.69, 9.17) is 11.6 Å². The van der Waals surface area contributed by atoms with Crippen LogP contribution in [0.4, 0.5) is 13.2 Å². The van der Waals surface area contributed by atoms with Crippen LogP contribution < -0.4 is 11.2 Å². The molecule has 0 saturated carbocycles. The lowest BCUT2D eigenvalue weighted by Crippen LogP contribution is -2.40. The highest BCUT2D eigenvalue weighted by Crippen LogP contribution is 2.27. The van der Waals surface area contributed by atoms with Crippen LogP contribution in [0.1, 0.15) is 21.6 Å². The maximum Gasteiger partial charge on any atom is 0.431 e. The predicted molar refractivity (Wildman–Crippen MR) is 97.2 cm³/mol. The summed E-state index contributed by atoms with van der Waals surface area (Å²) in [7, 11) is 0.910. The number of nitrogens with zero attached hydrogens (tertiary/aromatic N) is 2. The van der Waals surface area contributed by atoms with Gasteiger partial charge in [0.2, 0.25) is 0 Å². The van der Waals surface area contributed by atoms with Gasteiger partial charge in [0.15, 0.2) is 5.78 Å². The fourth-order valence-corrected chi connectivity index (χ4v) is 2.91. The molecule has 0 saturated heterocycles. The van der Waals surface area contributed by atoms with E-state index in [0.717, 1.165) is 7.05 Å². The molecule has 0 spiro atoms. The van der Waals surface area contributed by atoms with Gasteiger partial charge in [0, 0.05) is 24.2 Å². The first-order valence-electron chi connectivity index (χ1n) is 7.91. The maximum absolute atomic E-state index is 13.0. The van der Waals surface area contributed by atoms with E-state index < -0.39 is 28.9 Å². The van der Waals surface area contributed by atoms with Crippen molar-refractivity contribution in [2.75, 3.05) is 0 Å². The zero-order chi connectivity index (χ0) is 20.6. The smallest absolute Gasteiger partial charge is 0.292 e. The molecule has 1 aromatic heterocycles. The zero-order valence-electron chi connectivity index (χ0n) is 14.3. The Morgan fingerprint density at radius 2 is 1.64 bits per heavy atom. The van der Waals surface area contributed by atoms with Gasteiger partial charge in [0.1, 0.15) is 5.69 Å². The number of carbonyl (C=O) groups is 1. The van der Waals surface area contributed by atoms with Gasteiger partial charge in [-0.1, -0.05) is 41.9 Å². The third-order valence-electron chi connectivity index (χ3n) is 4.10. The van der Waals surface area contributed by atoms with Crippen molar-refractivity contribution in [2.45, 2.75) is 6.18 Å². The maximum atomic E-state index is 13.0. The molecule has 1 heterocycles. The second kappa shape index (κ2) is 7.12. The Morgan fingerprint density at radius 1 is 1.00 bits per heavy atom. The largest absolute Gasteiger partial charge is 0.431 e. The highest BCUT2D eigenvalue weighted by Gasteiger charge is 2.35. The van der Waals surface area contributed by atoms with E-state index >= 15 is 0 Å². The lowest BCUT2D eigenvalue weighted by Gasteiger charge is -2.14. The quantitative estimate of drug-likeness (QED) is 0.624. The Hall–Kier alpha value is -3.13. The molecular weight excluding hydrogens is 397 g/mol. The van der Waals surface area contributed by atoms with E-state index in [1.54, 1.807) is 30.3 Å². The summed E-state index contributed by atoms with van der Waals surface area (Å²) < 4.78 is 39.8. The molecule has 0 aliphatic carbocycles. The van der Waals surface area contributed by atoms with Crippen LogP contribution in [0.5, 0.6) is 0 Å². The molecule has 0 bridgehead atoms. The molecule has 0 radical (unpaired) electrons. The molecule has 3 aromatic rings. The summed E-state index contributed by atoms with van der Waals surface area (Å²) in [5.74, 6) is -0.454. The van der Waals surface area contributed by atoms with E-state index in [1.807, 2.05) is 0 Å². The Balaban J connectivity index is 2.19. The second-order valence-corrected chi connectivity index (χ2v) is 6.31. The Morgan fingerprint density at radius 3 is 2.25 bits per heavy atom. The van der Waals surface area contributed by atoms with Gasteiger partial charge in [-0.15, -0.1) is 0 Å². The van der Waals surface area contributed by atoms with E-state index in [9.17, 15) is 27.6 Å². The number of aromatic nitrogens is 2. The molecule has 0 amide bonds. The Bertz CT molecular complexity index is 1180.